The molecule has 2 aromatic rings. The van der Waals surface area contributed by atoms with E-state index in [-0.39, 0.29) is 5.78 Å². The molecule has 0 unspecified atom stereocenters. The van der Waals surface area contributed by atoms with Crippen LogP contribution in [-0.4, -0.2) is 21.3 Å². The number of benzene rings is 1. The fraction of sp³-hybridized carbons (Fsp3) is 0.286. The van der Waals surface area contributed by atoms with Gasteiger partial charge in [-0.2, -0.15) is 5.10 Å². The van der Waals surface area contributed by atoms with Crippen molar-refractivity contribution in [2.45, 2.75) is 24.8 Å². The molecule has 20 heavy (non-hydrogen) atoms. The Morgan fingerprint density at radius 3 is 2.75 bits per heavy atom. The largest absolute Gasteiger partial charge is 0.291 e. The number of hydrogen-bond donors (Lipinski definition) is 0. The van der Waals surface area contributed by atoms with Crippen LogP contribution in [0, 0.1) is 0 Å². The van der Waals surface area contributed by atoms with Gasteiger partial charge < -0.3 is 0 Å². The summed E-state index contributed by atoms with van der Waals surface area (Å²) in [6.45, 7) is 2.83. The normalized spacial score (nSPS) is 10.8. The molecule has 2 rings (SSSR count). The Morgan fingerprint density at radius 2 is 2.05 bits per heavy atom. The van der Waals surface area contributed by atoms with Crippen molar-refractivity contribution >= 4 is 49.4 Å². The molecule has 0 amide bonds. The van der Waals surface area contributed by atoms with Crippen LogP contribution < -0.4 is 0 Å². The van der Waals surface area contributed by atoms with E-state index in [4.69, 9.17) is 0 Å². The Morgan fingerprint density at radius 1 is 1.30 bits per heavy atom. The Hall–Kier alpha value is -0.590. The van der Waals surface area contributed by atoms with Crippen molar-refractivity contribution in [2.75, 3.05) is 5.75 Å². The van der Waals surface area contributed by atoms with Gasteiger partial charge in [0.15, 0.2) is 5.78 Å². The van der Waals surface area contributed by atoms with Gasteiger partial charge in [-0.25, -0.2) is 0 Å². The lowest BCUT2D eigenvalue weighted by molar-refractivity contribution is 0.101. The zero-order valence-corrected chi connectivity index (χ0v) is 15.0. The van der Waals surface area contributed by atoms with Gasteiger partial charge in [0.1, 0.15) is 5.69 Å². The zero-order valence-electron chi connectivity index (χ0n) is 11.0. The molecule has 0 aliphatic heterocycles. The van der Waals surface area contributed by atoms with Crippen LogP contribution in [0.4, 0.5) is 0 Å². The van der Waals surface area contributed by atoms with E-state index >= 15 is 0 Å². The van der Waals surface area contributed by atoms with Gasteiger partial charge in [-0.15, -0.1) is 11.8 Å². The van der Waals surface area contributed by atoms with Crippen LogP contribution in [0.25, 0.3) is 0 Å². The van der Waals surface area contributed by atoms with Gasteiger partial charge in [0.25, 0.3) is 0 Å². The molecule has 1 heterocycles. The van der Waals surface area contributed by atoms with E-state index < -0.39 is 0 Å². The highest BCUT2D eigenvalue weighted by molar-refractivity contribution is 9.10. The average Bonchev–Trinajstić information content (AvgIpc) is 2.79. The number of halogens is 2. The fourth-order valence-corrected chi connectivity index (χ4v) is 3.74. The first kappa shape index (κ1) is 15.8. The Bertz CT molecular complexity index is 613. The lowest BCUT2D eigenvalue weighted by Crippen LogP contribution is -2.13. The first-order valence-corrected chi connectivity index (χ1v) is 8.82. The molecule has 0 spiro atoms. The maximum atomic E-state index is 12.4. The quantitative estimate of drug-likeness (QED) is 0.500. The summed E-state index contributed by atoms with van der Waals surface area (Å²) in [6.07, 6.45) is 2.64. The van der Waals surface area contributed by atoms with Gasteiger partial charge in [0.05, 0.1) is 16.4 Å². The van der Waals surface area contributed by atoms with Crippen molar-refractivity contribution in [3.8, 4) is 0 Å². The second-order valence-electron chi connectivity index (χ2n) is 4.21. The van der Waals surface area contributed by atoms with Crippen molar-refractivity contribution in [1.82, 2.24) is 9.78 Å². The average molecular weight is 418 g/mol. The molecule has 3 nitrogen and oxygen atoms in total. The number of hydrogen-bond acceptors (Lipinski definition) is 3. The summed E-state index contributed by atoms with van der Waals surface area (Å²) in [5.41, 5.74) is 0.659. The predicted molar refractivity (Wildman–Crippen MR) is 89.4 cm³/mol. The first-order chi connectivity index (χ1) is 9.63. The Kier molecular flexibility index (Phi) is 5.86. The van der Waals surface area contributed by atoms with E-state index in [1.807, 2.05) is 24.3 Å². The lowest BCUT2D eigenvalue weighted by Gasteiger charge is -2.07. The second-order valence-corrected chi connectivity index (χ2v) is 6.93. The molecule has 1 aromatic carbocycles. The van der Waals surface area contributed by atoms with Gasteiger partial charge in [0, 0.05) is 15.9 Å². The highest BCUT2D eigenvalue weighted by Gasteiger charge is 2.17. The molecule has 0 saturated heterocycles. The number of ketones is 1. The van der Waals surface area contributed by atoms with Gasteiger partial charge >= 0.3 is 0 Å². The molecule has 0 N–H and O–H groups in total. The smallest absolute Gasteiger partial charge is 0.192 e. The SMILES string of the molecule is CCCn1ncc(Br)c1C(=O)CSc1ccccc1Br. The van der Waals surface area contributed by atoms with Crippen molar-refractivity contribution in [2.24, 2.45) is 0 Å². The minimum absolute atomic E-state index is 0.0866. The molecule has 1 aromatic heterocycles. The molecule has 106 valence electrons. The maximum absolute atomic E-state index is 12.4. The molecular formula is C14H14Br2N2OS. The van der Waals surface area contributed by atoms with Crippen LogP contribution in [0.1, 0.15) is 23.8 Å². The number of carbonyl (C=O) groups excluding carboxylic acids is 1. The van der Waals surface area contributed by atoms with Crippen LogP contribution in [0.15, 0.2) is 44.3 Å². The number of Topliss-reactive ketones (excluding diaryl/α,β-unsaturated/α-hetero) is 1. The van der Waals surface area contributed by atoms with Crippen LogP contribution in [0.3, 0.4) is 0 Å². The van der Waals surface area contributed by atoms with E-state index in [2.05, 4.69) is 43.9 Å². The number of nitrogens with zero attached hydrogens (tertiary/aromatic N) is 2. The van der Waals surface area contributed by atoms with E-state index in [9.17, 15) is 4.79 Å². The van der Waals surface area contributed by atoms with Crippen molar-refractivity contribution < 1.29 is 4.79 Å². The third-order valence-electron chi connectivity index (χ3n) is 2.69. The molecule has 0 radical (unpaired) electrons. The molecule has 0 atom stereocenters. The Labute approximate surface area is 139 Å². The van der Waals surface area contributed by atoms with E-state index in [1.54, 1.807) is 10.9 Å². The minimum atomic E-state index is 0.0866. The summed E-state index contributed by atoms with van der Waals surface area (Å²) in [5.74, 6) is 0.486. The number of aromatic nitrogens is 2. The molecule has 6 heteroatoms. The van der Waals surface area contributed by atoms with Gasteiger partial charge in [-0.3, -0.25) is 9.48 Å². The molecular weight excluding hydrogens is 404 g/mol. The second kappa shape index (κ2) is 7.43. The standard InChI is InChI=1S/C14H14Br2N2OS/c1-2-7-18-14(11(16)8-17-18)12(19)9-20-13-6-4-3-5-10(13)15/h3-6,8H,2,7,9H2,1H3. The summed E-state index contributed by atoms with van der Waals surface area (Å²) >= 11 is 8.43. The maximum Gasteiger partial charge on any atom is 0.192 e. The summed E-state index contributed by atoms with van der Waals surface area (Å²) in [7, 11) is 0. The van der Waals surface area contributed by atoms with Crippen molar-refractivity contribution in [3.63, 3.8) is 0 Å². The molecule has 0 saturated carbocycles. The van der Waals surface area contributed by atoms with Gasteiger partial charge in [-0.1, -0.05) is 19.1 Å². The van der Waals surface area contributed by atoms with Crippen LogP contribution in [0.2, 0.25) is 0 Å². The third kappa shape index (κ3) is 3.74. The molecule has 0 bridgehead atoms. The number of aryl methyl sites for hydroxylation is 1. The number of rotatable bonds is 6. The van der Waals surface area contributed by atoms with Crippen molar-refractivity contribution in [1.29, 1.82) is 0 Å². The van der Waals surface area contributed by atoms with Gasteiger partial charge in [-0.05, 0) is 50.4 Å². The monoisotopic (exact) mass is 416 g/mol. The number of thioether (sulfide) groups is 1. The number of carbonyl (C=O) groups is 1. The van der Waals surface area contributed by atoms with Crippen LogP contribution in [0.5, 0.6) is 0 Å². The topological polar surface area (TPSA) is 34.9 Å². The fourth-order valence-electron chi connectivity index (χ4n) is 1.79. The summed E-state index contributed by atoms with van der Waals surface area (Å²) in [4.78, 5) is 13.4. The third-order valence-corrected chi connectivity index (χ3v) is 5.30. The minimum Gasteiger partial charge on any atom is -0.291 e. The highest BCUT2D eigenvalue weighted by atomic mass is 79.9. The predicted octanol–water partition coefficient (Wildman–Crippen LogP) is 4.79. The Balaban J connectivity index is 2.09. The van der Waals surface area contributed by atoms with E-state index in [0.29, 0.717) is 11.4 Å². The molecule has 0 fully saturated rings. The highest BCUT2D eigenvalue weighted by Crippen LogP contribution is 2.28. The molecule has 0 aliphatic rings. The van der Waals surface area contributed by atoms with Crippen LogP contribution in [-0.2, 0) is 6.54 Å². The van der Waals surface area contributed by atoms with Crippen LogP contribution >= 0.6 is 43.6 Å². The first-order valence-electron chi connectivity index (χ1n) is 6.25. The van der Waals surface area contributed by atoms with Crippen molar-refractivity contribution in [3.05, 3.63) is 45.1 Å². The summed E-state index contributed by atoms with van der Waals surface area (Å²) in [6, 6.07) is 7.90. The summed E-state index contributed by atoms with van der Waals surface area (Å²) < 4.78 is 3.55. The van der Waals surface area contributed by atoms with Gasteiger partial charge in [0.2, 0.25) is 0 Å². The van der Waals surface area contributed by atoms with E-state index in [0.717, 1.165) is 26.8 Å². The van der Waals surface area contributed by atoms with E-state index in [1.165, 1.54) is 11.8 Å². The zero-order chi connectivity index (χ0) is 14.5. The summed E-state index contributed by atoms with van der Waals surface area (Å²) in [5, 5.41) is 4.23. The molecule has 0 aliphatic carbocycles. The lowest BCUT2D eigenvalue weighted by atomic mass is 10.3.